The number of halogens is 1. The summed E-state index contributed by atoms with van der Waals surface area (Å²) in [6, 6.07) is 6.01. The van der Waals surface area contributed by atoms with Crippen LogP contribution in [0.3, 0.4) is 0 Å². The van der Waals surface area contributed by atoms with Crippen molar-refractivity contribution in [3.05, 3.63) is 40.6 Å². The molecule has 2 aromatic heterocycles. The second-order valence-electron chi connectivity index (χ2n) is 3.87. The molecule has 0 aliphatic carbocycles. The molecule has 2 heterocycles. The van der Waals surface area contributed by atoms with Crippen LogP contribution < -0.4 is 0 Å². The summed E-state index contributed by atoms with van der Waals surface area (Å²) < 4.78 is 0. The van der Waals surface area contributed by atoms with Crippen LogP contribution in [0.4, 0.5) is 0 Å². The van der Waals surface area contributed by atoms with Gasteiger partial charge in [-0.3, -0.25) is 4.98 Å². The third-order valence-corrected chi connectivity index (χ3v) is 3.85. The molecular weight excluding hydrogens is 266 g/mol. The highest BCUT2D eigenvalue weighted by Gasteiger charge is 2.11. The zero-order chi connectivity index (χ0) is 12.5. The summed E-state index contributed by atoms with van der Waals surface area (Å²) in [5.74, 6) is 0.649. The average Bonchev–Trinajstić information content (AvgIpc) is 2.92. The molecule has 18 heavy (non-hydrogen) atoms. The van der Waals surface area contributed by atoms with Crippen LogP contribution in [0, 0.1) is 0 Å². The molecule has 0 saturated carbocycles. The molecule has 0 saturated heterocycles. The fourth-order valence-electron chi connectivity index (χ4n) is 1.90. The Balaban J connectivity index is 2.32. The molecule has 0 N–H and O–H groups in total. The van der Waals surface area contributed by atoms with E-state index in [0.717, 1.165) is 22.2 Å². The first-order valence-corrected chi connectivity index (χ1v) is 6.89. The molecule has 0 amide bonds. The van der Waals surface area contributed by atoms with Crippen LogP contribution in [0.2, 0.25) is 5.15 Å². The molecule has 0 bridgehead atoms. The normalized spacial score (nSPS) is 11.0. The van der Waals surface area contributed by atoms with E-state index in [2.05, 4.69) is 27.9 Å². The minimum atomic E-state index is 0.499. The highest BCUT2D eigenvalue weighted by molar-refractivity contribution is 7.13. The van der Waals surface area contributed by atoms with Gasteiger partial charge in [0.15, 0.2) is 5.82 Å². The third kappa shape index (κ3) is 1.87. The summed E-state index contributed by atoms with van der Waals surface area (Å²) in [4.78, 5) is 13.9. The van der Waals surface area contributed by atoms with Crippen molar-refractivity contribution in [1.29, 1.82) is 0 Å². The molecule has 0 spiro atoms. The number of aryl methyl sites for hydroxylation is 1. The molecule has 3 nitrogen and oxygen atoms in total. The lowest BCUT2D eigenvalue weighted by Gasteiger charge is -2.06. The lowest BCUT2D eigenvalue weighted by Crippen LogP contribution is -1.94. The molecule has 5 heteroatoms. The van der Waals surface area contributed by atoms with E-state index in [-0.39, 0.29) is 0 Å². The molecule has 0 aliphatic heterocycles. The van der Waals surface area contributed by atoms with Gasteiger partial charge in [-0.1, -0.05) is 30.7 Å². The van der Waals surface area contributed by atoms with Gasteiger partial charge in [0.25, 0.3) is 0 Å². The van der Waals surface area contributed by atoms with Gasteiger partial charge < -0.3 is 0 Å². The molecule has 3 rings (SSSR count). The SMILES string of the molecule is CCc1cccc2c(Cl)nc(-c3cncs3)nc12. The fraction of sp³-hybridized carbons (Fsp3) is 0.154. The number of thiazole rings is 1. The van der Waals surface area contributed by atoms with E-state index < -0.39 is 0 Å². The van der Waals surface area contributed by atoms with Crippen LogP contribution >= 0.6 is 22.9 Å². The minimum absolute atomic E-state index is 0.499. The van der Waals surface area contributed by atoms with Gasteiger partial charge in [-0.2, -0.15) is 0 Å². The molecular formula is C13H10ClN3S. The van der Waals surface area contributed by atoms with E-state index >= 15 is 0 Å². The Kier molecular flexibility index (Phi) is 2.97. The van der Waals surface area contributed by atoms with Crippen LogP contribution in [-0.4, -0.2) is 15.0 Å². The van der Waals surface area contributed by atoms with Gasteiger partial charge in [-0.15, -0.1) is 11.3 Å². The maximum absolute atomic E-state index is 6.24. The van der Waals surface area contributed by atoms with E-state index in [4.69, 9.17) is 11.6 Å². The van der Waals surface area contributed by atoms with Gasteiger partial charge >= 0.3 is 0 Å². The van der Waals surface area contributed by atoms with Crippen LogP contribution in [0.25, 0.3) is 21.6 Å². The first-order valence-electron chi connectivity index (χ1n) is 5.63. The van der Waals surface area contributed by atoms with Crippen molar-refractivity contribution in [3.63, 3.8) is 0 Å². The molecule has 90 valence electrons. The Hall–Kier alpha value is -1.52. The van der Waals surface area contributed by atoms with Crippen LogP contribution in [-0.2, 0) is 6.42 Å². The zero-order valence-corrected chi connectivity index (χ0v) is 11.3. The highest BCUT2D eigenvalue weighted by atomic mass is 35.5. The quantitative estimate of drug-likeness (QED) is 0.664. The predicted octanol–water partition coefficient (Wildman–Crippen LogP) is 3.97. The topological polar surface area (TPSA) is 38.7 Å². The Morgan fingerprint density at radius 1 is 1.28 bits per heavy atom. The summed E-state index contributed by atoms with van der Waals surface area (Å²) in [5.41, 5.74) is 3.88. The van der Waals surface area contributed by atoms with Gasteiger partial charge in [-0.25, -0.2) is 9.97 Å². The first kappa shape index (κ1) is 11.6. The summed E-state index contributed by atoms with van der Waals surface area (Å²) >= 11 is 7.75. The number of para-hydroxylation sites is 1. The smallest absolute Gasteiger partial charge is 0.173 e. The Morgan fingerprint density at radius 3 is 2.89 bits per heavy atom. The summed E-state index contributed by atoms with van der Waals surface area (Å²) in [7, 11) is 0. The van der Waals surface area contributed by atoms with Gasteiger partial charge in [0.1, 0.15) is 5.15 Å². The number of benzene rings is 1. The molecule has 0 unspecified atom stereocenters. The number of nitrogens with zero attached hydrogens (tertiary/aromatic N) is 3. The van der Waals surface area contributed by atoms with Gasteiger partial charge in [-0.05, 0) is 18.1 Å². The molecule has 1 aromatic carbocycles. The number of fused-ring (bicyclic) bond motifs is 1. The van der Waals surface area contributed by atoms with Gasteiger partial charge in [0.05, 0.1) is 15.9 Å². The molecule has 3 aromatic rings. The molecule has 0 aliphatic rings. The molecule has 0 radical (unpaired) electrons. The second kappa shape index (κ2) is 4.63. The average molecular weight is 276 g/mol. The van der Waals surface area contributed by atoms with Crippen molar-refractivity contribution in [2.45, 2.75) is 13.3 Å². The lowest BCUT2D eigenvalue weighted by atomic mass is 10.1. The Bertz CT molecular complexity index is 695. The monoisotopic (exact) mass is 275 g/mol. The number of rotatable bonds is 2. The minimum Gasteiger partial charge on any atom is -0.252 e. The number of aromatic nitrogens is 3. The van der Waals surface area contributed by atoms with Gasteiger partial charge in [0, 0.05) is 11.6 Å². The zero-order valence-electron chi connectivity index (χ0n) is 9.72. The third-order valence-electron chi connectivity index (χ3n) is 2.80. The van der Waals surface area contributed by atoms with Crippen LogP contribution in [0.5, 0.6) is 0 Å². The van der Waals surface area contributed by atoms with E-state index in [1.807, 2.05) is 12.1 Å². The van der Waals surface area contributed by atoms with E-state index in [0.29, 0.717) is 11.0 Å². The summed E-state index contributed by atoms with van der Waals surface area (Å²) in [5, 5.41) is 1.41. The first-order chi connectivity index (χ1) is 8.79. The van der Waals surface area contributed by atoms with Crippen LogP contribution in [0.1, 0.15) is 12.5 Å². The Morgan fingerprint density at radius 2 is 2.17 bits per heavy atom. The van der Waals surface area contributed by atoms with E-state index in [1.165, 1.54) is 16.9 Å². The van der Waals surface area contributed by atoms with Gasteiger partial charge in [0.2, 0.25) is 0 Å². The van der Waals surface area contributed by atoms with Crippen molar-refractivity contribution >= 4 is 33.8 Å². The van der Waals surface area contributed by atoms with Crippen molar-refractivity contribution in [2.75, 3.05) is 0 Å². The molecule has 0 fully saturated rings. The maximum atomic E-state index is 6.24. The van der Waals surface area contributed by atoms with Crippen molar-refractivity contribution < 1.29 is 0 Å². The van der Waals surface area contributed by atoms with Crippen LogP contribution in [0.15, 0.2) is 29.9 Å². The highest BCUT2D eigenvalue weighted by Crippen LogP contribution is 2.28. The Labute approximate surface area is 114 Å². The van der Waals surface area contributed by atoms with E-state index in [1.54, 1.807) is 11.7 Å². The fourth-order valence-corrected chi connectivity index (χ4v) is 2.68. The largest absolute Gasteiger partial charge is 0.252 e. The van der Waals surface area contributed by atoms with E-state index in [9.17, 15) is 0 Å². The van der Waals surface area contributed by atoms with Crippen molar-refractivity contribution in [3.8, 4) is 10.7 Å². The van der Waals surface area contributed by atoms with Crippen molar-refractivity contribution in [2.24, 2.45) is 0 Å². The predicted molar refractivity (Wildman–Crippen MR) is 75.0 cm³/mol. The molecule has 0 atom stereocenters. The number of hydrogen-bond donors (Lipinski definition) is 0. The second-order valence-corrected chi connectivity index (χ2v) is 5.11. The summed E-state index contributed by atoms with van der Waals surface area (Å²) in [6.07, 6.45) is 2.68. The number of hydrogen-bond acceptors (Lipinski definition) is 4. The lowest BCUT2D eigenvalue weighted by molar-refractivity contribution is 1.13. The standard InChI is InChI=1S/C13H10ClN3S/c1-2-8-4-3-5-9-11(8)16-13(17-12(9)14)10-6-15-7-18-10/h3-7H,2H2,1H3. The van der Waals surface area contributed by atoms with Crippen molar-refractivity contribution in [1.82, 2.24) is 15.0 Å². The maximum Gasteiger partial charge on any atom is 0.173 e. The summed E-state index contributed by atoms with van der Waals surface area (Å²) in [6.45, 7) is 2.11.